The van der Waals surface area contributed by atoms with Gasteiger partial charge in [0, 0.05) is 0 Å². The Hall–Kier alpha value is -2.10. The Kier molecular flexibility index (Phi) is 4.04. The van der Waals surface area contributed by atoms with Crippen molar-refractivity contribution in [2.75, 3.05) is 6.61 Å². The molecule has 1 heterocycles. The molecule has 0 fully saturated rings. The molecule has 0 unspecified atom stereocenters. The Morgan fingerprint density at radius 2 is 2.47 bits per heavy atom. The molecule has 0 saturated carbocycles. The van der Waals surface area contributed by atoms with Gasteiger partial charge in [-0.2, -0.15) is 5.26 Å². The van der Waals surface area contributed by atoms with Crippen LogP contribution < -0.4 is 5.32 Å². The first-order valence-corrected chi connectivity index (χ1v) is 5.15. The van der Waals surface area contributed by atoms with Gasteiger partial charge in [-0.15, -0.1) is 0 Å². The fourth-order valence-corrected chi connectivity index (χ4v) is 1.15. The number of amidine groups is 1. The molecule has 0 aliphatic carbocycles. The van der Waals surface area contributed by atoms with Gasteiger partial charge in [-0.05, 0) is 20.8 Å². The van der Waals surface area contributed by atoms with E-state index in [1.165, 1.54) is 0 Å². The van der Waals surface area contributed by atoms with Crippen molar-refractivity contribution in [2.45, 2.75) is 32.8 Å². The second-order valence-electron chi connectivity index (χ2n) is 3.99. The molecule has 0 bridgehead atoms. The molecule has 0 aromatic carbocycles. The first-order chi connectivity index (χ1) is 7.98. The zero-order valence-electron chi connectivity index (χ0n) is 9.98. The monoisotopic (exact) mass is 238 g/mol. The first kappa shape index (κ1) is 13.0. The molecule has 1 aliphatic rings. The van der Waals surface area contributed by atoms with Crippen molar-refractivity contribution in [1.82, 2.24) is 5.32 Å². The summed E-state index contributed by atoms with van der Waals surface area (Å²) in [5.74, 6) is -0.277. The Bertz CT molecular complexity index is 406. The normalized spacial score (nSPS) is 17.8. The third-order valence-electron chi connectivity index (χ3n) is 1.86. The molecular weight excluding hydrogens is 224 g/mol. The Morgan fingerprint density at radius 3 is 2.94 bits per heavy atom. The van der Waals surface area contributed by atoms with Crippen LogP contribution >= 0.6 is 0 Å². The Labute approximate surface area is 99.0 Å². The summed E-state index contributed by atoms with van der Waals surface area (Å²) in [6.45, 7) is 5.67. The zero-order valence-corrected chi connectivity index (χ0v) is 9.98. The van der Waals surface area contributed by atoms with E-state index in [-0.39, 0.29) is 12.3 Å². The van der Waals surface area contributed by atoms with Crippen LogP contribution in [0.4, 0.5) is 0 Å². The number of carbonyl (C=O) groups excluding carboxylic acids is 1. The minimum atomic E-state index is -0.652. The maximum atomic E-state index is 11.6. The fraction of sp³-hybridized carbons (Fsp3) is 0.600. The lowest BCUT2D eigenvalue weighted by Gasteiger charge is -2.12. The van der Waals surface area contributed by atoms with Crippen molar-refractivity contribution in [1.29, 1.82) is 5.26 Å². The minimum Gasteiger partial charge on any atom is -0.395 e. The number of nitrogens with zero attached hydrogens (tertiary/aromatic N) is 3. The van der Waals surface area contributed by atoms with Crippen molar-refractivity contribution in [3.05, 3.63) is 0 Å². The zero-order chi connectivity index (χ0) is 12.9. The summed E-state index contributed by atoms with van der Waals surface area (Å²) >= 11 is 0. The van der Waals surface area contributed by atoms with Crippen molar-refractivity contribution in [3.63, 3.8) is 0 Å². The molecule has 92 valence electrons. The van der Waals surface area contributed by atoms with Crippen LogP contribution in [0.2, 0.25) is 0 Å². The van der Waals surface area contributed by atoms with Gasteiger partial charge >= 0.3 is 0 Å². The lowest BCUT2D eigenvalue weighted by atomic mass is 10.1. The summed E-state index contributed by atoms with van der Waals surface area (Å²) < 4.78 is 0. The van der Waals surface area contributed by atoms with Crippen LogP contribution in [0.25, 0.3) is 0 Å². The van der Waals surface area contributed by atoms with Gasteiger partial charge in [-0.1, -0.05) is 10.3 Å². The molecule has 0 spiro atoms. The fourth-order valence-electron chi connectivity index (χ4n) is 1.15. The molecule has 17 heavy (non-hydrogen) atoms. The number of amides is 1. The molecule has 0 aromatic heterocycles. The van der Waals surface area contributed by atoms with Gasteiger partial charge in [-0.25, -0.2) is 0 Å². The number of nitrogens with one attached hydrogen (secondary N) is 1. The molecule has 0 saturated heterocycles. The van der Waals surface area contributed by atoms with E-state index in [1.807, 2.05) is 13.8 Å². The van der Waals surface area contributed by atoms with Crippen molar-refractivity contribution >= 4 is 17.5 Å². The predicted octanol–water partition coefficient (Wildman–Crippen LogP) is 0.531. The van der Waals surface area contributed by atoms with E-state index >= 15 is 0 Å². The van der Waals surface area contributed by atoms with Gasteiger partial charge in [0.05, 0.1) is 6.42 Å². The number of nitriles is 1. The molecule has 7 nitrogen and oxygen atoms in total. The minimum absolute atomic E-state index is 0.287. The number of hydrogen-bond donors (Lipinski definition) is 1. The first-order valence-electron chi connectivity index (χ1n) is 5.15. The summed E-state index contributed by atoms with van der Waals surface area (Å²) in [5.41, 5.74) is -0.786. The molecule has 1 rings (SSSR count). The van der Waals surface area contributed by atoms with E-state index in [0.29, 0.717) is 12.3 Å². The number of hydrogen-bond acceptors (Lipinski definition) is 6. The SMILES string of the molecule is CCO/N=C(\C#N)C(=O)NC1=NOC(C)(C)C1. The molecular formula is C10H14N4O3. The molecule has 1 N–H and O–H groups in total. The van der Waals surface area contributed by atoms with Crippen LogP contribution in [0, 0.1) is 11.3 Å². The average molecular weight is 238 g/mol. The molecule has 0 atom stereocenters. The van der Waals surface area contributed by atoms with E-state index in [4.69, 9.17) is 10.1 Å². The highest BCUT2D eigenvalue weighted by molar-refractivity contribution is 6.47. The Morgan fingerprint density at radius 1 is 1.76 bits per heavy atom. The smallest absolute Gasteiger partial charge is 0.289 e. The van der Waals surface area contributed by atoms with Crippen LogP contribution in [0.1, 0.15) is 27.2 Å². The van der Waals surface area contributed by atoms with E-state index in [0.717, 1.165) is 0 Å². The summed E-state index contributed by atoms with van der Waals surface area (Å²) in [6.07, 6.45) is 0.464. The van der Waals surface area contributed by atoms with Crippen molar-refractivity contribution in [2.24, 2.45) is 10.3 Å². The quantitative estimate of drug-likeness (QED) is 0.573. The molecule has 1 aliphatic heterocycles. The topological polar surface area (TPSA) is 96.1 Å². The van der Waals surface area contributed by atoms with Crippen LogP contribution in [-0.4, -0.2) is 29.7 Å². The van der Waals surface area contributed by atoms with Crippen molar-refractivity contribution in [3.8, 4) is 6.07 Å². The number of oxime groups is 2. The van der Waals surface area contributed by atoms with Gasteiger partial charge in [0.1, 0.15) is 18.3 Å². The molecule has 7 heteroatoms. The second kappa shape index (κ2) is 5.30. The Balaban J connectivity index is 2.58. The van der Waals surface area contributed by atoms with Crippen molar-refractivity contribution < 1.29 is 14.5 Å². The van der Waals surface area contributed by atoms with E-state index < -0.39 is 11.5 Å². The lowest BCUT2D eigenvalue weighted by molar-refractivity contribution is -0.113. The molecule has 1 amide bonds. The molecule has 0 aromatic rings. The van der Waals surface area contributed by atoms with Gasteiger partial charge in [0.15, 0.2) is 5.84 Å². The highest BCUT2D eigenvalue weighted by Crippen LogP contribution is 2.20. The highest BCUT2D eigenvalue weighted by atomic mass is 16.7. The van der Waals surface area contributed by atoms with E-state index in [1.54, 1.807) is 13.0 Å². The third-order valence-corrected chi connectivity index (χ3v) is 1.86. The van der Waals surface area contributed by atoms with Gasteiger partial charge < -0.3 is 15.0 Å². The highest BCUT2D eigenvalue weighted by Gasteiger charge is 2.30. The maximum absolute atomic E-state index is 11.6. The van der Waals surface area contributed by atoms with Gasteiger partial charge in [0.25, 0.3) is 5.91 Å². The lowest BCUT2D eigenvalue weighted by Crippen LogP contribution is -2.36. The molecule has 0 radical (unpaired) electrons. The third kappa shape index (κ3) is 3.75. The summed E-state index contributed by atoms with van der Waals surface area (Å²) in [6, 6.07) is 1.65. The van der Waals surface area contributed by atoms with Gasteiger partial charge in [0.2, 0.25) is 5.71 Å². The summed E-state index contributed by atoms with van der Waals surface area (Å²) in [5, 5.41) is 18.2. The number of rotatable bonds is 3. The number of carbonyl (C=O) groups is 1. The average Bonchev–Trinajstić information content (AvgIpc) is 2.59. The summed E-state index contributed by atoms with van der Waals surface area (Å²) in [7, 11) is 0. The van der Waals surface area contributed by atoms with E-state index in [9.17, 15) is 4.79 Å². The van der Waals surface area contributed by atoms with Crippen LogP contribution in [0.5, 0.6) is 0 Å². The largest absolute Gasteiger partial charge is 0.395 e. The predicted molar refractivity (Wildman–Crippen MR) is 60.0 cm³/mol. The second-order valence-corrected chi connectivity index (χ2v) is 3.99. The van der Waals surface area contributed by atoms with Gasteiger partial charge in [-0.3, -0.25) is 4.79 Å². The van der Waals surface area contributed by atoms with Crippen LogP contribution in [0.3, 0.4) is 0 Å². The summed E-state index contributed by atoms with van der Waals surface area (Å²) in [4.78, 5) is 21.3. The van der Waals surface area contributed by atoms with Crippen LogP contribution in [-0.2, 0) is 14.5 Å². The van der Waals surface area contributed by atoms with Crippen LogP contribution in [0.15, 0.2) is 10.3 Å². The standard InChI is InChI=1S/C10H14N4O3/c1-4-16-13-7(6-11)9(15)12-8-5-10(2,3)17-14-8/h4-5H2,1-3H3,(H,12,14,15)/b13-7+. The van der Waals surface area contributed by atoms with E-state index in [2.05, 4.69) is 20.5 Å². The maximum Gasteiger partial charge on any atom is 0.289 e.